The highest BCUT2D eigenvalue weighted by atomic mass is 16.7. The summed E-state index contributed by atoms with van der Waals surface area (Å²) in [6.07, 6.45) is 20.8. The number of hydrogen-bond acceptors (Lipinski definition) is 2. The third kappa shape index (κ3) is 3.84. The number of hydrogen-bond donors (Lipinski definition) is 0. The first-order valence-corrected chi connectivity index (χ1v) is 13.2. The molecule has 0 amide bonds. The molecule has 8 rings (SSSR count). The predicted molar refractivity (Wildman–Crippen MR) is 116 cm³/mol. The second kappa shape index (κ2) is 6.96. The van der Waals surface area contributed by atoms with Gasteiger partial charge in [0.25, 0.3) is 0 Å². The average molecular weight is 401 g/mol. The van der Waals surface area contributed by atoms with Gasteiger partial charge >= 0.3 is 0 Å². The van der Waals surface area contributed by atoms with Crippen molar-refractivity contribution in [2.75, 3.05) is 13.2 Å². The lowest BCUT2D eigenvalue weighted by molar-refractivity contribution is -0.225. The normalized spacial score (nSPS) is 49.9. The molecule has 0 spiro atoms. The van der Waals surface area contributed by atoms with Gasteiger partial charge in [-0.1, -0.05) is 0 Å². The minimum Gasteiger partial charge on any atom is -0.351 e. The molecule has 0 aromatic carbocycles. The zero-order chi connectivity index (χ0) is 19.7. The van der Waals surface area contributed by atoms with E-state index in [2.05, 4.69) is 13.8 Å². The average Bonchev–Trinajstić information content (AvgIpc) is 2.58. The molecule has 8 bridgehead atoms. The molecule has 2 nitrogen and oxygen atoms in total. The smallest absolute Gasteiger partial charge is 0.162 e. The maximum Gasteiger partial charge on any atom is 0.162 e. The van der Waals surface area contributed by atoms with E-state index in [1.54, 1.807) is 0 Å². The van der Waals surface area contributed by atoms with E-state index in [1.807, 2.05) is 0 Å². The van der Waals surface area contributed by atoms with Gasteiger partial charge in [-0.25, -0.2) is 0 Å². The van der Waals surface area contributed by atoms with Gasteiger partial charge in [-0.3, -0.25) is 0 Å². The Hall–Kier alpha value is -0.0800. The molecule has 0 aromatic rings. The Kier molecular flexibility index (Phi) is 4.70. The lowest BCUT2D eigenvalue weighted by Gasteiger charge is -2.57. The molecular formula is C27H44O2. The molecule has 164 valence electrons. The van der Waals surface area contributed by atoms with E-state index in [-0.39, 0.29) is 0 Å². The van der Waals surface area contributed by atoms with Crippen LogP contribution >= 0.6 is 0 Å². The van der Waals surface area contributed by atoms with Crippen LogP contribution in [0.1, 0.15) is 104 Å². The first-order chi connectivity index (χ1) is 13.9. The highest BCUT2D eigenvalue weighted by Gasteiger charge is 2.51. The predicted octanol–water partition coefficient (Wildman–Crippen LogP) is 6.97. The van der Waals surface area contributed by atoms with Crippen molar-refractivity contribution in [3.05, 3.63) is 0 Å². The van der Waals surface area contributed by atoms with E-state index in [0.717, 1.165) is 48.7 Å². The Balaban J connectivity index is 0.972. The van der Waals surface area contributed by atoms with Crippen LogP contribution in [0.25, 0.3) is 0 Å². The zero-order valence-corrected chi connectivity index (χ0v) is 19.1. The van der Waals surface area contributed by atoms with Gasteiger partial charge in [0.1, 0.15) is 0 Å². The van der Waals surface area contributed by atoms with Crippen molar-refractivity contribution in [1.29, 1.82) is 0 Å². The maximum absolute atomic E-state index is 6.37. The molecular weight excluding hydrogens is 356 g/mol. The Bertz CT molecular complexity index is 497. The third-order valence-corrected chi connectivity index (χ3v) is 10.5. The Morgan fingerprint density at radius 1 is 0.552 bits per heavy atom. The Morgan fingerprint density at radius 2 is 0.828 bits per heavy atom. The van der Waals surface area contributed by atoms with Crippen molar-refractivity contribution in [3.8, 4) is 0 Å². The van der Waals surface area contributed by atoms with Crippen molar-refractivity contribution in [2.24, 2.45) is 46.3 Å². The van der Waals surface area contributed by atoms with Crippen LogP contribution in [0.4, 0.5) is 0 Å². The molecule has 0 aliphatic heterocycles. The summed E-state index contributed by atoms with van der Waals surface area (Å²) in [5.41, 5.74) is 1.26. The lowest BCUT2D eigenvalue weighted by atomic mass is 9.49. The SMILES string of the molecule is CC(C)(OCCC12CC3CC(CC(C3)C1)C2)OCCC12CC3CC(CC(C3)C1)C2. The molecule has 0 aromatic heterocycles. The van der Waals surface area contributed by atoms with Gasteiger partial charge in [-0.2, -0.15) is 0 Å². The van der Waals surface area contributed by atoms with Crippen LogP contribution in [-0.2, 0) is 9.47 Å². The van der Waals surface area contributed by atoms with Gasteiger partial charge in [0.05, 0.1) is 13.2 Å². The summed E-state index contributed by atoms with van der Waals surface area (Å²) in [7, 11) is 0. The van der Waals surface area contributed by atoms with Gasteiger partial charge < -0.3 is 9.47 Å². The Labute approximate surface area is 178 Å². The van der Waals surface area contributed by atoms with E-state index in [1.165, 1.54) is 89.9 Å². The monoisotopic (exact) mass is 400 g/mol. The molecule has 0 saturated heterocycles. The summed E-state index contributed by atoms with van der Waals surface area (Å²) < 4.78 is 12.7. The van der Waals surface area contributed by atoms with Crippen molar-refractivity contribution in [2.45, 2.75) is 110 Å². The molecule has 8 saturated carbocycles. The first-order valence-electron chi connectivity index (χ1n) is 13.2. The van der Waals surface area contributed by atoms with Crippen LogP contribution in [0.3, 0.4) is 0 Å². The second-order valence-corrected chi connectivity index (χ2v) is 13.4. The number of rotatable bonds is 8. The molecule has 29 heavy (non-hydrogen) atoms. The van der Waals surface area contributed by atoms with Crippen LogP contribution in [0.15, 0.2) is 0 Å². The minimum atomic E-state index is -0.412. The quantitative estimate of drug-likeness (QED) is 0.410. The fourth-order valence-corrected chi connectivity index (χ4v) is 10.3. The van der Waals surface area contributed by atoms with E-state index in [9.17, 15) is 0 Å². The molecule has 0 atom stereocenters. The third-order valence-electron chi connectivity index (χ3n) is 10.5. The summed E-state index contributed by atoms with van der Waals surface area (Å²) in [4.78, 5) is 0. The van der Waals surface area contributed by atoms with E-state index < -0.39 is 5.79 Å². The van der Waals surface area contributed by atoms with E-state index in [4.69, 9.17) is 9.47 Å². The van der Waals surface area contributed by atoms with Crippen molar-refractivity contribution < 1.29 is 9.47 Å². The molecule has 2 heteroatoms. The fraction of sp³-hybridized carbons (Fsp3) is 1.00. The van der Waals surface area contributed by atoms with Gasteiger partial charge in [-0.05, 0) is 150 Å². The molecule has 0 unspecified atom stereocenters. The summed E-state index contributed by atoms with van der Waals surface area (Å²) in [6, 6.07) is 0. The molecule has 0 heterocycles. The van der Waals surface area contributed by atoms with Gasteiger partial charge in [-0.15, -0.1) is 0 Å². The van der Waals surface area contributed by atoms with Gasteiger partial charge in [0.2, 0.25) is 0 Å². The minimum absolute atomic E-state index is 0.412. The standard InChI is InChI=1S/C27H44O2/c1-25(2,28-5-3-26-13-19-7-20(14-26)9-21(8-19)15-26)29-6-4-27-16-22-10-23(17-27)12-24(11-22)18-27/h19-24H,3-18H2,1-2H3. The van der Waals surface area contributed by atoms with Crippen LogP contribution in [0, 0.1) is 46.3 Å². The molecule has 8 aliphatic rings. The lowest BCUT2D eigenvalue weighted by Crippen LogP contribution is -2.47. The van der Waals surface area contributed by atoms with Crippen LogP contribution < -0.4 is 0 Å². The van der Waals surface area contributed by atoms with E-state index >= 15 is 0 Å². The van der Waals surface area contributed by atoms with E-state index in [0.29, 0.717) is 10.8 Å². The largest absolute Gasteiger partial charge is 0.351 e. The summed E-state index contributed by atoms with van der Waals surface area (Å²) in [6.45, 7) is 6.12. The van der Waals surface area contributed by atoms with Crippen LogP contribution in [0.5, 0.6) is 0 Å². The zero-order valence-electron chi connectivity index (χ0n) is 19.1. The number of ether oxygens (including phenoxy) is 2. The summed E-state index contributed by atoms with van der Waals surface area (Å²) in [5.74, 6) is 5.87. The summed E-state index contributed by atoms with van der Waals surface area (Å²) >= 11 is 0. The first kappa shape index (κ1) is 19.6. The fourth-order valence-electron chi connectivity index (χ4n) is 10.3. The molecule has 8 fully saturated rings. The molecule has 8 aliphatic carbocycles. The summed E-state index contributed by atoms with van der Waals surface area (Å²) in [5, 5.41) is 0. The Morgan fingerprint density at radius 3 is 1.10 bits per heavy atom. The highest BCUT2D eigenvalue weighted by molar-refractivity contribution is 5.02. The van der Waals surface area contributed by atoms with Crippen LogP contribution in [-0.4, -0.2) is 19.0 Å². The highest BCUT2D eigenvalue weighted by Crippen LogP contribution is 2.62. The maximum atomic E-state index is 6.37. The topological polar surface area (TPSA) is 18.5 Å². The van der Waals surface area contributed by atoms with Gasteiger partial charge in [0, 0.05) is 0 Å². The van der Waals surface area contributed by atoms with Crippen molar-refractivity contribution >= 4 is 0 Å². The second-order valence-electron chi connectivity index (χ2n) is 13.4. The van der Waals surface area contributed by atoms with Crippen LogP contribution in [0.2, 0.25) is 0 Å². The molecule has 0 radical (unpaired) electrons. The molecule has 0 N–H and O–H groups in total. The van der Waals surface area contributed by atoms with Crippen molar-refractivity contribution in [3.63, 3.8) is 0 Å². The van der Waals surface area contributed by atoms with Crippen molar-refractivity contribution in [1.82, 2.24) is 0 Å². The van der Waals surface area contributed by atoms with Gasteiger partial charge in [0.15, 0.2) is 5.79 Å².